The molecule has 29 heavy (non-hydrogen) atoms. The number of rotatable bonds is 7. The predicted octanol–water partition coefficient (Wildman–Crippen LogP) is 4.22. The quantitative estimate of drug-likeness (QED) is 0.737. The monoisotopic (exact) mass is 414 g/mol. The molecule has 0 radical (unpaired) electrons. The summed E-state index contributed by atoms with van der Waals surface area (Å²) in [6, 6.07) is 16.6. The number of likely N-dealkylation sites (tertiary alicyclic amines) is 1. The van der Waals surface area contributed by atoms with Crippen molar-refractivity contribution in [3.05, 3.63) is 65.2 Å². The Labute approximate surface area is 177 Å². The second-order valence-corrected chi connectivity index (χ2v) is 7.92. The van der Waals surface area contributed by atoms with Gasteiger partial charge < -0.3 is 15.0 Å². The molecular weight excluding hydrogens is 388 g/mol. The zero-order chi connectivity index (χ0) is 20.6. The standard InChI is InChI=1S/C23H27ClN2O3/c1-17(27)25-22(19-9-11-20(24)12-10-19)14-23(28)26-13-5-6-18(15-26)16-29-21-7-3-2-4-8-21/h2-4,7-12,18,22H,5-6,13-16H2,1H3,(H,25,27). The molecule has 1 heterocycles. The Balaban J connectivity index is 1.58. The van der Waals surface area contributed by atoms with E-state index >= 15 is 0 Å². The Hall–Kier alpha value is -2.53. The van der Waals surface area contributed by atoms with Crippen molar-refractivity contribution in [2.75, 3.05) is 19.7 Å². The van der Waals surface area contributed by atoms with Crippen LogP contribution >= 0.6 is 11.6 Å². The lowest BCUT2D eigenvalue weighted by molar-refractivity contribution is -0.134. The van der Waals surface area contributed by atoms with Gasteiger partial charge in [0.05, 0.1) is 19.1 Å². The van der Waals surface area contributed by atoms with E-state index in [9.17, 15) is 9.59 Å². The number of hydrogen-bond donors (Lipinski definition) is 1. The molecule has 1 fully saturated rings. The average molecular weight is 415 g/mol. The van der Waals surface area contributed by atoms with Crippen LogP contribution in [-0.4, -0.2) is 36.4 Å². The topological polar surface area (TPSA) is 58.6 Å². The van der Waals surface area contributed by atoms with E-state index < -0.39 is 0 Å². The maximum Gasteiger partial charge on any atom is 0.224 e. The van der Waals surface area contributed by atoms with Crippen LogP contribution in [0.4, 0.5) is 0 Å². The molecule has 5 nitrogen and oxygen atoms in total. The van der Waals surface area contributed by atoms with E-state index in [4.69, 9.17) is 16.3 Å². The molecule has 0 spiro atoms. The van der Waals surface area contributed by atoms with Crippen molar-refractivity contribution in [1.82, 2.24) is 10.2 Å². The molecular formula is C23H27ClN2O3. The number of ether oxygens (including phenoxy) is 1. The number of halogens is 1. The minimum Gasteiger partial charge on any atom is -0.493 e. The van der Waals surface area contributed by atoms with Gasteiger partial charge in [-0.3, -0.25) is 9.59 Å². The largest absolute Gasteiger partial charge is 0.493 e. The van der Waals surface area contributed by atoms with E-state index in [-0.39, 0.29) is 24.3 Å². The Kier molecular flexibility index (Phi) is 7.53. The number of carbonyl (C=O) groups excluding carboxylic acids is 2. The van der Waals surface area contributed by atoms with Crippen LogP contribution in [0.3, 0.4) is 0 Å². The maximum absolute atomic E-state index is 13.0. The Morgan fingerprint density at radius 3 is 2.59 bits per heavy atom. The molecule has 3 rings (SSSR count). The summed E-state index contributed by atoms with van der Waals surface area (Å²) in [6.07, 6.45) is 2.23. The van der Waals surface area contributed by atoms with Crippen LogP contribution in [0.25, 0.3) is 0 Å². The summed E-state index contributed by atoms with van der Waals surface area (Å²) in [7, 11) is 0. The molecule has 1 aliphatic heterocycles. The molecule has 0 aliphatic carbocycles. The molecule has 2 atom stereocenters. The van der Waals surface area contributed by atoms with Gasteiger partial charge in [0.1, 0.15) is 5.75 Å². The first-order valence-electron chi connectivity index (χ1n) is 9.99. The van der Waals surface area contributed by atoms with Gasteiger partial charge in [0.15, 0.2) is 0 Å². The third-order valence-electron chi connectivity index (χ3n) is 5.13. The Bertz CT molecular complexity index is 811. The van der Waals surface area contributed by atoms with E-state index in [1.807, 2.05) is 47.4 Å². The average Bonchev–Trinajstić information content (AvgIpc) is 2.73. The summed E-state index contributed by atoms with van der Waals surface area (Å²) < 4.78 is 5.88. The van der Waals surface area contributed by atoms with Crippen molar-refractivity contribution in [2.24, 2.45) is 5.92 Å². The summed E-state index contributed by atoms with van der Waals surface area (Å²) in [5, 5.41) is 3.51. The molecule has 1 aliphatic rings. The van der Waals surface area contributed by atoms with E-state index in [0.717, 1.165) is 30.7 Å². The van der Waals surface area contributed by atoms with Gasteiger partial charge >= 0.3 is 0 Å². The summed E-state index contributed by atoms with van der Waals surface area (Å²) in [5.74, 6) is 1.04. The predicted molar refractivity (Wildman–Crippen MR) is 114 cm³/mol. The summed E-state index contributed by atoms with van der Waals surface area (Å²) in [6.45, 7) is 3.48. The Morgan fingerprint density at radius 2 is 1.90 bits per heavy atom. The van der Waals surface area contributed by atoms with Crippen LogP contribution in [-0.2, 0) is 9.59 Å². The van der Waals surface area contributed by atoms with Gasteiger partial charge in [-0.2, -0.15) is 0 Å². The number of hydrogen-bond acceptors (Lipinski definition) is 3. The van der Waals surface area contributed by atoms with Crippen molar-refractivity contribution in [1.29, 1.82) is 0 Å². The molecule has 2 amide bonds. The fourth-order valence-electron chi connectivity index (χ4n) is 3.65. The highest BCUT2D eigenvalue weighted by Crippen LogP contribution is 2.24. The van der Waals surface area contributed by atoms with Gasteiger partial charge in [-0.05, 0) is 42.7 Å². The minimum atomic E-state index is -0.363. The van der Waals surface area contributed by atoms with Gasteiger partial charge in [-0.1, -0.05) is 41.9 Å². The van der Waals surface area contributed by atoms with Crippen molar-refractivity contribution in [3.63, 3.8) is 0 Å². The molecule has 2 unspecified atom stereocenters. The van der Waals surface area contributed by atoms with E-state index in [0.29, 0.717) is 24.1 Å². The van der Waals surface area contributed by atoms with E-state index in [2.05, 4.69) is 5.32 Å². The Morgan fingerprint density at radius 1 is 1.17 bits per heavy atom. The van der Waals surface area contributed by atoms with Gasteiger partial charge in [-0.15, -0.1) is 0 Å². The molecule has 6 heteroatoms. The molecule has 1 N–H and O–H groups in total. The first-order valence-corrected chi connectivity index (χ1v) is 10.4. The fraction of sp³-hybridized carbons (Fsp3) is 0.391. The normalized spacial score (nSPS) is 17.4. The summed E-state index contributed by atoms with van der Waals surface area (Å²) in [4.78, 5) is 26.5. The summed E-state index contributed by atoms with van der Waals surface area (Å²) in [5.41, 5.74) is 0.874. The fourth-order valence-corrected chi connectivity index (χ4v) is 3.78. The lowest BCUT2D eigenvalue weighted by Crippen LogP contribution is -2.43. The van der Waals surface area contributed by atoms with Crippen molar-refractivity contribution < 1.29 is 14.3 Å². The van der Waals surface area contributed by atoms with Crippen LogP contribution in [0.5, 0.6) is 5.75 Å². The number of carbonyl (C=O) groups is 2. The highest BCUT2D eigenvalue weighted by atomic mass is 35.5. The number of para-hydroxylation sites is 1. The molecule has 0 bridgehead atoms. The van der Waals surface area contributed by atoms with Crippen molar-refractivity contribution in [3.8, 4) is 5.75 Å². The van der Waals surface area contributed by atoms with Gasteiger partial charge in [0.2, 0.25) is 11.8 Å². The number of nitrogens with zero attached hydrogens (tertiary/aromatic N) is 1. The molecule has 2 aromatic carbocycles. The van der Waals surface area contributed by atoms with Gasteiger partial charge in [-0.25, -0.2) is 0 Å². The molecule has 0 aromatic heterocycles. The maximum atomic E-state index is 13.0. The molecule has 2 aromatic rings. The highest BCUT2D eigenvalue weighted by Gasteiger charge is 2.27. The third-order valence-corrected chi connectivity index (χ3v) is 5.38. The third kappa shape index (κ3) is 6.50. The lowest BCUT2D eigenvalue weighted by Gasteiger charge is -2.33. The molecule has 154 valence electrons. The lowest BCUT2D eigenvalue weighted by atomic mass is 9.97. The first kappa shape index (κ1) is 21.2. The number of piperidine rings is 1. The number of nitrogens with one attached hydrogen (secondary N) is 1. The molecule has 1 saturated heterocycles. The zero-order valence-corrected chi connectivity index (χ0v) is 17.4. The van der Waals surface area contributed by atoms with Crippen LogP contribution in [0, 0.1) is 5.92 Å². The van der Waals surface area contributed by atoms with Gasteiger partial charge in [0.25, 0.3) is 0 Å². The number of benzene rings is 2. The molecule has 0 saturated carbocycles. The highest BCUT2D eigenvalue weighted by molar-refractivity contribution is 6.30. The minimum absolute atomic E-state index is 0.0445. The first-order chi connectivity index (χ1) is 14.0. The van der Waals surface area contributed by atoms with Crippen LogP contribution in [0.2, 0.25) is 5.02 Å². The number of amides is 2. The van der Waals surface area contributed by atoms with Crippen LogP contribution in [0.1, 0.15) is 37.8 Å². The van der Waals surface area contributed by atoms with Crippen molar-refractivity contribution in [2.45, 2.75) is 32.2 Å². The second-order valence-electron chi connectivity index (χ2n) is 7.48. The summed E-state index contributed by atoms with van der Waals surface area (Å²) >= 11 is 5.97. The zero-order valence-electron chi connectivity index (χ0n) is 16.6. The van der Waals surface area contributed by atoms with Crippen LogP contribution < -0.4 is 10.1 Å². The SMILES string of the molecule is CC(=O)NC(CC(=O)N1CCCC(COc2ccccc2)C1)c1ccc(Cl)cc1. The van der Waals surface area contributed by atoms with E-state index in [1.165, 1.54) is 6.92 Å². The van der Waals surface area contributed by atoms with Crippen molar-refractivity contribution >= 4 is 23.4 Å². The smallest absolute Gasteiger partial charge is 0.224 e. The van der Waals surface area contributed by atoms with Crippen LogP contribution in [0.15, 0.2) is 54.6 Å². The van der Waals surface area contributed by atoms with Gasteiger partial charge in [0, 0.05) is 31.0 Å². The second kappa shape index (κ2) is 10.3. The van der Waals surface area contributed by atoms with E-state index in [1.54, 1.807) is 12.1 Å².